The van der Waals surface area contributed by atoms with Crippen molar-refractivity contribution in [1.29, 1.82) is 0 Å². The average molecular weight is 499 g/mol. The zero-order valence-corrected chi connectivity index (χ0v) is 23.3. The fourth-order valence-electron chi connectivity index (χ4n) is 8.61. The first-order valence-corrected chi connectivity index (χ1v) is 16.3. The van der Waals surface area contributed by atoms with Crippen LogP contribution < -0.4 is 4.74 Å². The first-order valence-electron chi connectivity index (χ1n) is 16.3. The van der Waals surface area contributed by atoms with E-state index in [4.69, 9.17) is 4.74 Å². The Kier molecular flexibility index (Phi) is 8.55. The maximum Gasteiger partial charge on any atom is 0.131 e. The van der Waals surface area contributed by atoms with Gasteiger partial charge in [-0.1, -0.05) is 101 Å². The lowest BCUT2D eigenvalue weighted by Crippen LogP contribution is -2.15. The van der Waals surface area contributed by atoms with Gasteiger partial charge in [-0.25, -0.2) is 0 Å². The second-order valence-electron chi connectivity index (χ2n) is 13.0. The molecule has 4 fully saturated rings. The molecule has 0 unspecified atom stereocenters. The van der Waals surface area contributed by atoms with Gasteiger partial charge in [0, 0.05) is 11.1 Å². The van der Waals surface area contributed by atoms with E-state index < -0.39 is 0 Å². The Balaban J connectivity index is 1.40. The summed E-state index contributed by atoms with van der Waals surface area (Å²) in [5, 5.41) is 0. The van der Waals surface area contributed by atoms with Crippen molar-refractivity contribution in [2.75, 3.05) is 0 Å². The summed E-state index contributed by atoms with van der Waals surface area (Å²) in [4.78, 5) is 0. The Morgan fingerprint density at radius 3 is 1.05 bits per heavy atom. The maximum absolute atomic E-state index is 7.21. The van der Waals surface area contributed by atoms with Gasteiger partial charge in [-0.3, -0.25) is 0 Å². The van der Waals surface area contributed by atoms with Crippen molar-refractivity contribution in [1.82, 2.24) is 0 Å². The van der Waals surface area contributed by atoms with Crippen LogP contribution in [0.1, 0.15) is 174 Å². The van der Waals surface area contributed by atoms with Gasteiger partial charge in [-0.2, -0.15) is 0 Å². The molecule has 200 valence electrons. The predicted octanol–water partition coefficient (Wildman–Crippen LogP) is 11.7. The molecular weight excluding hydrogens is 448 g/mol. The number of hydrogen-bond acceptors (Lipinski definition) is 1. The van der Waals surface area contributed by atoms with Gasteiger partial charge >= 0.3 is 0 Å². The van der Waals surface area contributed by atoms with Crippen molar-refractivity contribution >= 4 is 0 Å². The Labute approximate surface area is 226 Å². The molecule has 0 saturated heterocycles. The fourth-order valence-corrected chi connectivity index (χ4v) is 8.61. The van der Waals surface area contributed by atoms with E-state index in [1.807, 2.05) is 0 Å². The van der Waals surface area contributed by atoms with Gasteiger partial charge in [-0.05, 0) is 98.3 Å². The maximum atomic E-state index is 7.21. The van der Waals surface area contributed by atoms with E-state index in [2.05, 4.69) is 36.4 Å². The zero-order chi connectivity index (χ0) is 24.9. The molecule has 2 aromatic rings. The topological polar surface area (TPSA) is 9.23 Å². The Morgan fingerprint density at radius 1 is 0.378 bits per heavy atom. The van der Waals surface area contributed by atoms with Crippen LogP contribution in [0.15, 0.2) is 36.4 Å². The van der Waals surface area contributed by atoms with Crippen molar-refractivity contribution in [3.63, 3.8) is 0 Å². The van der Waals surface area contributed by atoms with Crippen molar-refractivity contribution in [3.8, 4) is 11.5 Å². The van der Waals surface area contributed by atoms with Crippen LogP contribution in [0, 0.1) is 0 Å². The molecule has 4 aliphatic carbocycles. The Bertz CT molecular complexity index is 916. The lowest BCUT2D eigenvalue weighted by Gasteiger charge is -2.33. The van der Waals surface area contributed by atoms with Crippen LogP contribution >= 0.6 is 0 Å². The zero-order valence-electron chi connectivity index (χ0n) is 23.3. The standard InChI is InChI=1S/C36H50O/c1-5-15-27(16-6-1)31-23-13-25-33(35(31)29-19-9-3-10-20-29)37-34-26-14-24-32(28-17-7-2-8-18-28)36(34)30-21-11-4-12-22-30/h13-14,23-30H,1-12,15-22H2. The molecule has 4 aliphatic rings. The molecule has 0 spiro atoms. The summed E-state index contributed by atoms with van der Waals surface area (Å²) in [7, 11) is 0. The van der Waals surface area contributed by atoms with Gasteiger partial charge in [-0.15, -0.1) is 0 Å². The molecule has 0 amide bonds. The van der Waals surface area contributed by atoms with Crippen molar-refractivity contribution in [3.05, 3.63) is 58.7 Å². The highest BCUT2D eigenvalue weighted by atomic mass is 16.5. The summed E-state index contributed by atoms with van der Waals surface area (Å²) in [5.41, 5.74) is 6.50. The van der Waals surface area contributed by atoms with Gasteiger partial charge in [0.1, 0.15) is 11.5 Å². The highest BCUT2D eigenvalue weighted by Crippen LogP contribution is 2.49. The van der Waals surface area contributed by atoms with Crippen LogP contribution in [0.25, 0.3) is 0 Å². The molecule has 0 N–H and O–H groups in total. The molecule has 0 heterocycles. The van der Waals surface area contributed by atoms with Gasteiger partial charge in [0.25, 0.3) is 0 Å². The van der Waals surface area contributed by atoms with Gasteiger partial charge in [0.15, 0.2) is 0 Å². The molecule has 1 heteroatoms. The minimum atomic E-state index is 0.682. The molecule has 1 nitrogen and oxygen atoms in total. The lowest BCUT2D eigenvalue weighted by molar-refractivity contribution is 0.387. The third-order valence-electron chi connectivity index (χ3n) is 10.5. The van der Waals surface area contributed by atoms with Crippen LogP contribution in [-0.4, -0.2) is 0 Å². The Hall–Kier alpha value is -1.76. The molecule has 0 aromatic heterocycles. The van der Waals surface area contributed by atoms with Crippen molar-refractivity contribution in [2.45, 2.75) is 152 Å². The molecule has 37 heavy (non-hydrogen) atoms. The number of benzene rings is 2. The summed E-state index contributed by atoms with van der Waals surface area (Å²) in [5.74, 6) is 5.24. The number of rotatable bonds is 6. The summed E-state index contributed by atoms with van der Waals surface area (Å²) in [6.45, 7) is 0. The molecule has 0 aliphatic heterocycles. The molecule has 4 saturated carbocycles. The largest absolute Gasteiger partial charge is 0.457 e. The SMILES string of the molecule is c1cc(Oc2cccc(C3CCCCC3)c2C2CCCCC2)c(C2CCCCC2)c(C2CCCCC2)c1. The Morgan fingerprint density at radius 2 is 0.703 bits per heavy atom. The smallest absolute Gasteiger partial charge is 0.131 e. The first-order chi connectivity index (χ1) is 18.4. The van der Waals surface area contributed by atoms with Crippen LogP contribution in [0.4, 0.5) is 0 Å². The quantitative estimate of drug-likeness (QED) is 0.385. The summed E-state index contributed by atoms with van der Waals surface area (Å²) >= 11 is 0. The fraction of sp³-hybridized carbons (Fsp3) is 0.667. The summed E-state index contributed by atoms with van der Waals surface area (Å²) in [6.07, 6.45) is 27.6. The van der Waals surface area contributed by atoms with Crippen LogP contribution in [0.3, 0.4) is 0 Å². The second-order valence-corrected chi connectivity index (χ2v) is 13.0. The van der Waals surface area contributed by atoms with E-state index >= 15 is 0 Å². The third-order valence-corrected chi connectivity index (χ3v) is 10.5. The van der Waals surface area contributed by atoms with E-state index in [9.17, 15) is 0 Å². The molecular formula is C36H50O. The van der Waals surface area contributed by atoms with Gasteiger partial charge in [0.2, 0.25) is 0 Å². The highest BCUT2D eigenvalue weighted by molar-refractivity contribution is 5.51. The minimum absolute atomic E-state index is 0.682. The number of hydrogen-bond donors (Lipinski definition) is 0. The molecule has 0 radical (unpaired) electrons. The monoisotopic (exact) mass is 498 g/mol. The molecule has 0 bridgehead atoms. The van der Waals surface area contributed by atoms with Gasteiger partial charge < -0.3 is 4.74 Å². The van der Waals surface area contributed by atoms with Crippen LogP contribution in [0.5, 0.6) is 11.5 Å². The van der Waals surface area contributed by atoms with Crippen molar-refractivity contribution in [2.24, 2.45) is 0 Å². The van der Waals surface area contributed by atoms with E-state index in [0.29, 0.717) is 11.8 Å². The van der Waals surface area contributed by atoms with Crippen LogP contribution in [-0.2, 0) is 0 Å². The van der Waals surface area contributed by atoms with E-state index in [1.165, 1.54) is 140 Å². The summed E-state index contributed by atoms with van der Waals surface area (Å²) in [6, 6.07) is 14.2. The molecule has 0 atom stereocenters. The third kappa shape index (κ3) is 5.81. The predicted molar refractivity (Wildman–Crippen MR) is 156 cm³/mol. The van der Waals surface area contributed by atoms with E-state index in [-0.39, 0.29) is 0 Å². The van der Waals surface area contributed by atoms with Crippen LogP contribution in [0.2, 0.25) is 0 Å². The first kappa shape index (κ1) is 25.5. The summed E-state index contributed by atoms with van der Waals surface area (Å²) < 4.78 is 7.21. The molecule has 2 aromatic carbocycles. The average Bonchev–Trinajstić information content (AvgIpc) is 2.99. The second kappa shape index (κ2) is 12.4. The van der Waals surface area contributed by atoms with E-state index in [0.717, 1.165) is 11.8 Å². The van der Waals surface area contributed by atoms with Gasteiger partial charge in [0.05, 0.1) is 0 Å². The molecule has 6 rings (SSSR count). The van der Waals surface area contributed by atoms with Crippen molar-refractivity contribution < 1.29 is 4.74 Å². The number of ether oxygens (including phenoxy) is 1. The normalized spacial score (nSPS) is 23.2. The van der Waals surface area contributed by atoms with E-state index in [1.54, 1.807) is 22.3 Å². The lowest BCUT2D eigenvalue weighted by atomic mass is 9.75. The minimum Gasteiger partial charge on any atom is -0.457 e. The highest BCUT2D eigenvalue weighted by Gasteiger charge is 2.30.